The molecule has 1 N–H and O–H groups in total. The molecule has 1 amide bonds. The molecule has 1 aliphatic carbocycles. The molecule has 0 unspecified atom stereocenters. The van der Waals surface area contributed by atoms with Crippen molar-refractivity contribution in [2.24, 2.45) is 5.41 Å². The van der Waals surface area contributed by atoms with Gasteiger partial charge in [-0.15, -0.1) is 0 Å². The number of thiophene rings is 1. The first kappa shape index (κ1) is 24.4. The van der Waals surface area contributed by atoms with Crippen molar-refractivity contribution in [3.8, 4) is 17.1 Å². The lowest BCUT2D eigenvalue weighted by atomic mass is 9.75. The Morgan fingerprint density at radius 1 is 1.21 bits per heavy atom. The van der Waals surface area contributed by atoms with Crippen molar-refractivity contribution in [1.82, 2.24) is 19.7 Å². The molecule has 0 spiro atoms. The fourth-order valence-corrected chi connectivity index (χ4v) is 5.78. The highest BCUT2D eigenvalue weighted by Gasteiger charge is 2.30. The van der Waals surface area contributed by atoms with Gasteiger partial charge in [0.05, 0.1) is 34.0 Å². The van der Waals surface area contributed by atoms with Gasteiger partial charge >= 0.3 is 5.00 Å². The molecule has 0 saturated heterocycles. The molecule has 0 atom stereocenters. The Balaban J connectivity index is 1.45. The molecule has 0 bridgehead atoms. The molecule has 1 saturated carbocycles. The van der Waals surface area contributed by atoms with Crippen LogP contribution in [0.5, 0.6) is 5.75 Å². The van der Waals surface area contributed by atoms with Crippen molar-refractivity contribution >= 4 is 39.1 Å². The van der Waals surface area contributed by atoms with Crippen LogP contribution in [0.3, 0.4) is 0 Å². The van der Waals surface area contributed by atoms with Crippen molar-refractivity contribution in [2.75, 3.05) is 12.1 Å². The summed E-state index contributed by atoms with van der Waals surface area (Å²) in [5, 5.41) is 19.2. The number of amides is 1. The highest BCUT2D eigenvalue weighted by atomic mass is 32.1. The van der Waals surface area contributed by atoms with E-state index >= 15 is 0 Å². The average Bonchev–Trinajstić information content (AvgIpc) is 3.57. The van der Waals surface area contributed by atoms with E-state index in [1.165, 1.54) is 12.1 Å². The number of fused-ring (bicyclic) bond motifs is 2. The Labute approximate surface area is 222 Å². The number of benzene rings is 1. The fraction of sp³-hybridized carbons (Fsp3) is 0.385. The number of hydrogen-bond acceptors (Lipinski definition) is 9. The Hall–Kier alpha value is -3.90. The van der Waals surface area contributed by atoms with Crippen LogP contribution in [-0.4, -0.2) is 37.4 Å². The van der Waals surface area contributed by atoms with Gasteiger partial charge in [0.1, 0.15) is 11.6 Å². The number of carbonyl (C=O) groups excluding carboxylic acids is 1. The molecule has 4 aromatic rings. The molecular weight excluding hydrogens is 508 g/mol. The molecule has 196 valence electrons. The first-order valence-corrected chi connectivity index (χ1v) is 13.2. The number of anilines is 1. The first-order valence-electron chi connectivity index (χ1n) is 12.4. The summed E-state index contributed by atoms with van der Waals surface area (Å²) in [5.41, 5.74) is 2.49. The fourth-order valence-electron chi connectivity index (χ4n) is 5.06. The number of nitro groups is 1. The highest BCUT2D eigenvalue weighted by Crippen LogP contribution is 2.41. The van der Waals surface area contributed by atoms with Gasteiger partial charge in [-0.3, -0.25) is 14.9 Å². The van der Waals surface area contributed by atoms with Gasteiger partial charge in [0.2, 0.25) is 0 Å². The molecule has 6 rings (SSSR count). The van der Waals surface area contributed by atoms with E-state index in [9.17, 15) is 14.9 Å². The second kappa shape index (κ2) is 9.44. The van der Waals surface area contributed by atoms with Crippen LogP contribution in [0.4, 0.5) is 10.8 Å². The zero-order valence-corrected chi connectivity index (χ0v) is 21.8. The van der Waals surface area contributed by atoms with Crippen LogP contribution >= 0.6 is 11.3 Å². The van der Waals surface area contributed by atoms with Crippen LogP contribution in [0.1, 0.15) is 60.8 Å². The Morgan fingerprint density at radius 3 is 2.79 bits per heavy atom. The summed E-state index contributed by atoms with van der Waals surface area (Å²) in [7, 11) is 0. The predicted octanol–water partition coefficient (Wildman–Crippen LogP) is 5.72. The second-order valence-electron chi connectivity index (χ2n) is 10.4. The van der Waals surface area contributed by atoms with Gasteiger partial charge in [-0.2, -0.15) is 5.10 Å². The third kappa shape index (κ3) is 4.50. The van der Waals surface area contributed by atoms with Crippen molar-refractivity contribution in [1.29, 1.82) is 0 Å². The maximum Gasteiger partial charge on any atom is 0.324 e. The summed E-state index contributed by atoms with van der Waals surface area (Å²) in [6, 6.07) is 8.59. The summed E-state index contributed by atoms with van der Waals surface area (Å²) in [6.45, 7) is 5.10. The van der Waals surface area contributed by atoms with Gasteiger partial charge in [-0.25, -0.2) is 14.6 Å². The lowest BCUT2D eigenvalue weighted by molar-refractivity contribution is -0.380. The van der Waals surface area contributed by atoms with Crippen LogP contribution < -0.4 is 10.1 Å². The van der Waals surface area contributed by atoms with Crippen LogP contribution in [0.2, 0.25) is 0 Å². The SMILES string of the molecule is CC1(C)CCC(n2ncc3c(NC(=O)c4ccc([N+](=O)[O-])s4)nc(-c4cccc5c4COCO5)nc32)CC1. The number of ether oxygens (including phenoxy) is 2. The number of hydrogen-bond donors (Lipinski definition) is 1. The normalized spacial score (nSPS) is 17.1. The van der Waals surface area contributed by atoms with E-state index in [-0.39, 0.29) is 22.7 Å². The lowest BCUT2D eigenvalue weighted by Gasteiger charge is -2.34. The molecule has 3 aromatic heterocycles. The number of nitrogens with one attached hydrogen (secondary N) is 1. The zero-order chi connectivity index (χ0) is 26.4. The monoisotopic (exact) mass is 534 g/mol. The molecule has 12 heteroatoms. The summed E-state index contributed by atoms with van der Waals surface area (Å²) in [6.07, 6.45) is 5.80. The molecule has 1 aliphatic heterocycles. The number of nitrogens with zero attached hydrogens (tertiary/aromatic N) is 5. The largest absolute Gasteiger partial charge is 0.467 e. The molecule has 38 heavy (non-hydrogen) atoms. The van der Waals surface area contributed by atoms with Gasteiger partial charge in [0, 0.05) is 17.2 Å². The Bertz CT molecular complexity index is 1550. The van der Waals surface area contributed by atoms with Crippen molar-refractivity contribution in [3.05, 3.63) is 57.1 Å². The third-order valence-electron chi connectivity index (χ3n) is 7.25. The van der Waals surface area contributed by atoms with E-state index in [0.29, 0.717) is 40.4 Å². The standard InChI is InChI=1S/C26H26N6O5S/c1-26(2)10-8-15(9-11-26)31-24-17(12-27-31)23(30-25(33)20-6-7-21(38-20)32(34)35)28-22(29-24)16-4-3-5-19-18(16)13-36-14-37-19/h3-7,12,15H,8-11,13-14H2,1-2H3,(H,28,29,30,33). The topological polar surface area (TPSA) is 134 Å². The third-order valence-corrected chi connectivity index (χ3v) is 8.29. The Morgan fingerprint density at radius 2 is 2.03 bits per heavy atom. The molecule has 4 heterocycles. The van der Waals surface area contributed by atoms with E-state index < -0.39 is 10.8 Å². The van der Waals surface area contributed by atoms with Crippen LogP contribution in [0, 0.1) is 15.5 Å². The average molecular weight is 535 g/mol. The van der Waals surface area contributed by atoms with E-state index in [1.807, 2.05) is 22.9 Å². The quantitative estimate of drug-likeness (QED) is 0.254. The maximum atomic E-state index is 13.1. The predicted molar refractivity (Wildman–Crippen MR) is 141 cm³/mol. The molecular formula is C26H26N6O5S. The van der Waals surface area contributed by atoms with E-state index in [4.69, 9.17) is 19.4 Å². The number of carbonyl (C=O) groups is 1. The number of rotatable bonds is 5. The molecule has 2 aliphatic rings. The minimum absolute atomic E-state index is 0.104. The van der Waals surface area contributed by atoms with Gasteiger partial charge in [-0.1, -0.05) is 37.3 Å². The summed E-state index contributed by atoms with van der Waals surface area (Å²) in [4.78, 5) is 33.6. The summed E-state index contributed by atoms with van der Waals surface area (Å²) < 4.78 is 13.1. The molecule has 1 fully saturated rings. The summed E-state index contributed by atoms with van der Waals surface area (Å²) in [5.74, 6) is 0.928. The van der Waals surface area contributed by atoms with Crippen molar-refractivity contribution < 1.29 is 19.2 Å². The lowest BCUT2D eigenvalue weighted by Crippen LogP contribution is -2.24. The van der Waals surface area contributed by atoms with E-state index in [1.54, 1.807) is 6.20 Å². The summed E-state index contributed by atoms with van der Waals surface area (Å²) >= 11 is 0.812. The van der Waals surface area contributed by atoms with Crippen LogP contribution in [0.15, 0.2) is 36.5 Å². The van der Waals surface area contributed by atoms with Crippen molar-refractivity contribution in [2.45, 2.75) is 52.2 Å². The van der Waals surface area contributed by atoms with E-state index in [0.717, 1.165) is 48.1 Å². The van der Waals surface area contributed by atoms with Gasteiger partial charge < -0.3 is 14.8 Å². The molecule has 11 nitrogen and oxygen atoms in total. The van der Waals surface area contributed by atoms with E-state index in [2.05, 4.69) is 24.3 Å². The van der Waals surface area contributed by atoms with Gasteiger partial charge in [-0.05, 0) is 43.2 Å². The zero-order valence-electron chi connectivity index (χ0n) is 21.0. The molecule has 0 radical (unpaired) electrons. The van der Waals surface area contributed by atoms with Crippen LogP contribution in [0.25, 0.3) is 22.4 Å². The first-order chi connectivity index (χ1) is 18.3. The smallest absolute Gasteiger partial charge is 0.324 e. The van der Waals surface area contributed by atoms with Crippen molar-refractivity contribution in [3.63, 3.8) is 0 Å². The maximum absolute atomic E-state index is 13.1. The number of aromatic nitrogens is 4. The second-order valence-corrected chi connectivity index (χ2v) is 11.4. The van der Waals surface area contributed by atoms with Gasteiger partial charge in [0.15, 0.2) is 18.3 Å². The Kier molecular flexibility index (Phi) is 6.07. The van der Waals surface area contributed by atoms with Gasteiger partial charge in [0.25, 0.3) is 5.91 Å². The minimum Gasteiger partial charge on any atom is -0.467 e. The molecule has 1 aromatic carbocycles. The minimum atomic E-state index is -0.513. The van der Waals surface area contributed by atoms with Crippen LogP contribution in [-0.2, 0) is 11.3 Å². The highest BCUT2D eigenvalue weighted by molar-refractivity contribution is 7.17.